The average Bonchev–Trinajstić information content (AvgIpc) is 3.88. The molecule has 0 saturated carbocycles. The summed E-state index contributed by atoms with van der Waals surface area (Å²) in [5, 5.41) is 8.43. The predicted molar refractivity (Wildman–Crippen MR) is 225 cm³/mol. The van der Waals surface area contributed by atoms with Gasteiger partial charge in [-0.1, -0.05) is 133 Å². The molecule has 0 aliphatic rings. The molecule has 0 radical (unpaired) electrons. The summed E-state index contributed by atoms with van der Waals surface area (Å²) in [6, 6.07) is 65.3. The van der Waals surface area contributed by atoms with Crippen LogP contribution >= 0.6 is 0 Å². The molecule has 0 amide bonds. The van der Waals surface area contributed by atoms with Crippen LogP contribution < -0.4 is 0 Å². The zero-order valence-corrected chi connectivity index (χ0v) is 29.1. The smallest absolute Gasteiger partial charge is 0.162 e. The second kappa shape index (κ2) is 11.1. The number of para-hydroxylation sites is 2. The summed E-state index contributed by atoms with van der Waals surface area (Å²) < 4.78 is 4.89. The van der Waals surface area contributed by atoms with Crippen molar-refractivity contribution in [2.45, 2.75) is 0 Å². The third-order valence-corrected chi connectivity index (χ3v) is 11.2. The average molecular weight is 687 g/mol. The first kappa shape index (κ1) is 29.3. The summed E-state index contributed by atoms with van der Waals surface area (Å²) in [4.78, 5) is 10.5. The van der Waals surface area contributed by atoms with Gasteiger partial charge in [-0.3, -0.25) is 4.57 Å². The number of nitrogens with zero attached hydrogens (tertiary/aromatic N) is 4. The first-order chi connectivity index (χ1) is 26.8. The highest BCUT2D eigenvalue weighted by Crippen LogP contribution is 2.48. The quantitative estimate of drug-likeness (QED) is 0.185. The van der Waals surface area contributed by atoms with Gasteiger partial charge in [0, 0.05) is 43.3 Å². The summed E-state index contributed by atoms with van der Waals surface area (Å²) in [6.45, 7) is 0. The minimum absolute atomic E-state index is 0.709. The Morgan fingerprint density at radius 3 is 1.63 bits per heavy atom. The molecule has 54 heavy (non-hydrogen) atoms. The van der Waals surface area contributed by atoms with E-state index < -0.39 is 0 Å². The highest BCUT2D eigenvalue weighted by molar-refractivity contribution is 6.36. The number of rotatable bonds is 4. The van der Waals surface area contributed by atoms with Crippen molar-refractivity contribution in [2.75, 3.05) is 0 Å². The Labute approximate surface area is 310 Å². The van der Waals surface area contributed by atoms with Crippen LogP contribution in [0.25, 0.3) is 110 Å². The Morgan fingerprint density at radius 1 is 0.333 bits per heavy atom. The molecule has 4 heteroatoms. The second-order valence-corrected chi connectivity index (χ2v) is 14.2. The lowest BCUT2D eigenvalue weighted by molar-refractivity contribution is 1.08. The van der Waals surface area contributed by atoms with Crippen LogP contribution in [0.15, 0.2) is 182 Å². The van der Waals surface area contributed by atoms with E-state index in [2.05, 4.69) is 185 Å². The van der Waals surface area contributed by atoms with Crippen molar-refractivity contribution >= 4 is 70.8 Å². The molecule has 4 aromatic heterocycles. The molecular formula is C50H30N4. The van der Waals surface area contributed by atoms with Crippen molar-refractivity contribution in [3.05, 3.63) is 182 Å². The Kier molecular flexibility index (Phi) is 6.02. The zero-order valence-electron chi connectivity index (χ0n) is 29.1. The van der Waals surface area contributed by atoms with Crippen LogP contribution in [0.5, 0.6) is 0 Å². The van der Waals surface area contributed by atoms with E-state index in [1.807, 2.05) is 6.07 Å². The van der Waals surface area contributed by atoms with E-state index in [0.717, 1.165) is 33.3 Å². The van der Waals surface area contributed by atoms with Gasteiger partial charge in [-0.2, -0.15) is 0 Å². The van der Waals surface area contributed by atoms with Gasteiger partial charge in [-0.25, -0.2) is 9.97 Å². The number of benzene rings is 8. The topological polar surface area (TPSA) is 35.1 Å². The van der Waals surface area contributed by atoms with E-state index >= 15 is 0 Å². The summed E-state index contributed by atoms with van der Waals surface area (Å²) >= 11 is 0. The van der Waals surface area contributed by atoms with Crippen molar-refractivity contribution < 1.29 is 0 Å². The molecule has 4 heterocycles. The molecular weight excluding hydrogens is 657 g/mol. The van der Waals surface area contributed by atoms with Gasteiger partial charge in [0.1, 0.15) is 5.82 Å². The van der Waals surface area contributed by atoms with Crippen LogP contribution in [-0.4, -0.2) is 18.9 Å². The van der Waals surface area contributed by atoms with E-state index in [4.69, 9.17) is 9.97 Å². The van der Waals surface area contributed by atoms with Gasteiger partial charge in [0.05, 0.1) is 33.1 Å². The molecule has 0 aliphatic heterocycles. The highest BCUT2D eigenvalue weighted by Gasteiger charge is 2.26. The number of hydrogen-bond acceptors (Lipinski definition) is 2. The van der Waals surface area contributed by atoms with Gasteiger partial charge < -0.3 is 4.40 Å². The van der Waals surface area contributed by atoms with Crippen LogP contribution in [0.3, 0.4) is 0 Å². The van der Waals surface area contributed by atoms with E-state index in [-0.39, 0.29) is 0 Å². The molecule has 0 atom stereocenters. The van der Waals surface area contributed by atoms with Crippen molar-refractivity contribution in [2.24, 2.45) is 0 Å². The van der Waals surface area contributed by atoms with Gasteiger partial charge in [0.15, 0.2) is 5.82 Å². The van der Waals surface area contributed by atoms with Crippen molar-refractivity contribution in [1.82, 2.24) is 18.9 Å². The van der Waals surface area contributed by atoms with Gasteiger partial charge in [-0.15, -0.1) is 0 Å². The zero-order chi connectivity index (χ0) is 35.3. The summed E-state index contributed by atoms with van der Waals surface area (Å²) in [7, 11) is 0. The fourth-order valence-electron chi connectivity index (χ4n) is 8.86. The van der Waals surface area contributed by atoms with Gasteiger partial charge in [0.25, 0.3) is 0 Å². The maximum atomic E-state index is 5.44. The van der Waals surface area contributed by atoms with Crippen LogP contribution in [0.4, 0.5) is 0 Å². The van der Waals surface area contributed by atoms with Gasteiger partial charge in [-0.05, 0) is 70.8 Å². The van der Waals surface area contributed by atoms with Crippen LogP contribution in [0.1, 0.15) is 0 Å². The molecule has 0 N–H and O–H groups in total. The molecule has 0 fully saturated rings. The standard InChI is InChI=1S/C50H30N4/c1-4-14-31(15-5-1)34-24-26-43-38(28-34)39-30-45-46(47-37-21-11-13-23-42(37)53(43)48(39)47)40-29-35(32-16-6-2-7-17-32)25-27-44(40)54(45)50-36-20-10-12-22-41(36)51-49(52-50)33-18-8-3-9-19-33/h1-30H. The predicted octanol–water partition coefficient (Wildman–Crippen LogP) is 12.9. The molecule has 8 aromatic carbocycles. The van der Waals surface area contributed by atoms with Gasteiger partial charge in [0.2, 0.25) is 0 Å². The molecule has 0 spiro atoms. The van der Waals surface area contributed by atoms with Crippen LogP contribution in [-0.2, 0) is 0 Å². The van der Waals surface area contributed by atoms with E-state index in [1.54, 1.807) is 0 Å². The Bertz CT molecular complexity index is 3410. The van der Waals surface area contributed by atoms with Crippen LogP contribution in [0, 0.1) is 0 Å². The third kappa shape index (κ3) is 4.08. The fraction of sp³-hybridized carbons (Fsp3) is 0. The molecule has 0 aliphatic carbocycles. The lowest BCUT2D eigenvalue weighted by Crippen LogP contribution is -2.02. The molecule has 250 valence electrons. The largest absolute Gasteiger partial charge is 0.308 e. The van der Waals surface area contributed by atoms with E-state index in [0.29, 0.717) is 5.82 Å². The van der Waals surface area contributed by atoms with E-state index in [1.165, 1.54) is 71.1 Å². The summed E-state index contributed by atoms with van der Waals surface area (Å²) in [6.07, 6.45) is 0. The summed E-state index contributed by atoms with van der Waals surface area (Å²) in [5.74, 6) is 1.58. The van der Waals surface area contributed by atoms with Crippen LogP contribution in [0.2, 0.25) is 0 Å². The molecule has 0 bridgehead atoms. The van der Waals surface area contributed by atoms with E-state index in [9.17, 15) is 0 Å². The SMILES string of the molecule is c1ccc(-c2ccc3c(c2)c2c4c5ccccc5n5c6ccc(-c7ccccc7)cc6c(cc2n3-c2nc(-c3ccccc3)nc3ccccc23)c45)cc1. The maximum absolute atomic E-state index is 5.44. The Hall–Kier alpha value is -7.30. The normalized spacial score (nSPS) is 12.1. The Balaban J connectivity index is 1.30. The van der Waals surface area contributed by atoms with Gasteiger partial charge >= 0.3 is 0 Å². The highest BCUT2D eigenvalue weighted by atomic mass is 15.1. The lowest BCUT2D eigenvalue weighted by Gasteiger charge is -2.13. The maximum Gasteiger partial charge on any atom is 0.162 e. The fourth-order valence-corrected chi connectivity index (χ4v) is 8.86. The molecule has 0 unspecified atom stereocenters. The Morgan fingerprint density at radius 2 is 0.907 bits per heavy atom. The molecule has 0 saturated heterocycles. The molecule has 12 aromatic rings. The summed E-state index contributed by atoms with van der Waals surface area (Å²) in [5.41, 5.74) is 12.6. The molecule has 4 nitrogen and oxygen atoms in total. The number of fused-ring (bicyclic) bond motifs is 11. The van der Waals surface area contributed by atoms with Crippen molar-refractivity contribution in [3.8, 4) is 39.5 Å². The minimum atomic E-state index is 0.709. The molecule has 12 rings (SSSR count). The third-order valence-electron chi connectivity index (χ3n) is 11.2. The first-order valence-electron chi connectivity index (χ1n) is 18.4. The van der Waals surface area contributed by atoms with Crippen molar-refractivity contribution in [3.63, 3.8) is 0 Å². The monoisotopic (exact) mass is 686 g/mol. The first-order valence-corrected chi connectivity index (χ1v) is 18.4. The second-order valence-electron chi connectivity index (χ2n) is 14.2. The lowest BCUT2D eigenvalue weighted by atomic mass is 9.98. The van der Waals surface area contributed by atoms with Crippen molar-refractivity contribution in [1.29, 1.82) is 0 Å². The number of aromatic nitrogens is 4. The minimum Gasteiger partial charge on any atom is -0.308 e. The number of hydrogen-bond donors (Lipinski definition) is 0.